The summed E-state index contributed by atoms with van der Waals surface area (Å²) < 4.78 is 7.17. The van der Waals surface area contributed by atoms with Crippen LogP contribution in [0.2, 0.25) is 0 Å². The van der Waals surface area contributed by atoms with E-state index in [0.717, 1.165) is 11.1 Å². The highest BCUT2D eigenvalue weighted by Gasteiger charge is 2.12. The lowest BCUT2D eigenvalue weighted by molar-refractivity contribution is -0.123. The summed E-state index contributed by atoms with van der Waals surface area (Å²) in [7, 11) is 0. The molecule has 0 aromatic heterocycles. The summed E-state index contributed by atoms with van der Waals surface area (Å²) in [4.78, 5) is 12.0. The first-order valence-corrected chi connectivity index (χ1v) is 10.8. The van der Waals surface area contributed by atoms with Crippen LogP contribution in [0.5, 0.6) is 11.5 Å². The van der Waals surface area contributed by atoms with Gasteiger partial charge in [-0.1, -0.05) is 58.4 Å². The first-order valence-electron chi connectivity index (χ1n) is 8.42. The first-order chi connectivity index (χ1) is 14.0. The molecule has 5 nitrogen and oxygen atoms in total. The number of hydrogen-bond donors (Lipinski definition) is 2. The molecule has 148 valence electrons. The van der Waals surface area contributed by atoms with Crippen LogP contribution in [0.3, 0.4) is 0 Å². The fourth-order valence-electron chi connectivity index (χ4n) is 2.44. The van der Waals surface area contributed by atoms with Crippen LogP contribution >= 0.6 is 47.8 Å². The van der Waals surface area contributed by atoms with Gasteiger partial charge in [0.05, 0.1) is 15.2 Å². The van der Waals surface area contributed by atoms with Crippen molar-refractivity contribution in [1.82, 2.24) is 5.43 Å². The monoisotopic (exact) mass is 580 g/mol. The van der Waals surface area contributed by atoms with E-state index < -0.39 is 5.91 Å². The van der Waals surface area contributed by atoms with Crippen molar-refractivity contribution in [3.05, 3.63) is 79.6 Å². The number of carbonyl (C=O) groups is 1. The molecular weight excluding hydrogens is 568 g/mol. The van der Waals surface area contributed by atoms with E-state index >= 15 is 0 Å². The van der Waals surface area contributed by atoms with E-state index in [0.29, 0.717) is 24.7 Å². The lowest BCUT2D eigenvalue weighted by Crippen LogP contribution is -2.24. The van der Waals surface area contributed by atoms with Gasteiger partial charge in [0, 0.05) is 10.0 Å². The molecule has 8 heteroatoms. The lowest BCUT2D eigenvalue weighted by Gasteiger charge is -2.08. The molecular formula is C21H15Br3N2O3. The quantitative estimate of drug-likeness (QED) is 0.282. The summed E-state index contributed by atoms with van der Waals surface area (Å²) >= 11 is 9.92. The number of phenols is 1. The molecule has 0 bridgehead atoms. The molecule has 0 aliphatic rings. The van der Waals surface area contributed by atoms with Gasteiger partial charge in [-0.2, -0.15) is 5.10 Å². The van der Waals surface area contributed by atoms with Crippen molar-refractivity contribution in [1.29, 1.82) is 0 Å². The second-order valence-corrected chi connectivity index (χ2v) is 8.39. The van der Waals surface area contributed by atoms with Gasteiger partial charge in [0.2, 0.25) is 0 Å². The predicted octanol–water partition coefficient (Wildman–Crippen LogP) is 5.88. The third-order valence-electron chi connectivity index (χ3n) is 3.90. The molecule has 0 saturated heterocycles. The summed E-state index contributed by atoms with van der Waals surface area (Å²) in [5, 5.41) is 13.8. The maximum Gasteiger partial charge on any atom is 0.277 e. The number of benzene rings is 3. The van der Waals surface area contributed by atoms with Gasteiger partial charge in [0.1, 0.15) is 11.5 Å². The zero-order chi connectivity index (χ0) is 20.8. The summed E-state index contributed by atoms with van der Waals surface area (Å²) in [5.41, 5.74) is 5.17. The Balaban J connectivity index is 1.54. The largest absolute Gasteiger partial charge is 0.506 e. The second-order valence-electron chi connectivity index (χ2n) is 5.89. The predicted molar refractivity (Wildman–Crippen MR) is 124 cm³/mol. The molecule has 1 amide bonds. The average molecular weight is 583 g/mol. The van der Waals surface area contributed by atoms with Crippen molar-refractivity contribution in [2.24, 2.45) is 5.10 Å². The van der Waals surface area contributed by atoms with Crippen molar-refractivity contribution in [2.45, 2.75) is 0 Å². The number of hydrogen-bond acceptors (Lipinski definition) is 4. The third-order valence-corrected chi connectivity index (χ3v) is 5.96. The van der Waals surface area contributed by atoms with Crippen LogP contribution in [0.1, 0.15) is 5.56 Å². The van der Waals surface area contributed by atoms with Gasteiger partial charge in [-0.25, -0.2) is 5.43 Å². The molecule has 29 heavy (non-hydrogen) atoms. The van der Waals surface area contributed by atoms with Gasteiger partial charge in [0.15, 0.2) is 6.61 Å². The minimum Gasteiger partial charge on any atom is -0.506 e. The van der Waals surface area contributed by atoms with Crippen molar-refractivity contribution in [2.75, 3.05) is 6.61 Å². The highest BCUT2D eigenvalue weighted by molar-refractivity contribution is 9.11. The molecule has 3 aromatic carbocycles. The van der Waals surface area contributed by atoms with Crippen molar-refractivity contribution in [3.8, 4) is 22.6 Å². The van der Waals surface area contributed by atoms with Gasteiger partial charge in [-0.05, 0) is 61.2 Å². The Kier molecular flexibility index (Phi) is 7.46. The van der Waals surface area contributed by atoms with Crippen LogP contribution in [0.25, 0.3) is 11.1 Å². The number of aromatic hydroxyl groups is 1. The van der Waals surface area contributed by atoms with Gasteiger partial charge in [0.25, 0.3) is 5.91 Å². The molecule has 0 saturated carbocycles. The van der Waals surface area contributed by atoms with Gasteiger partial charge in [-0.15, -0.1) is 0 Å². The second kappa shape index (κ2) is 10.0. The van der Waals surface area contributed by atoms with E-state index in [-0.39, 0.29) is 12.4 Å². The molecule has 0 aliphatic heterocycles. The van der Waals surface area contributed by atoms with Crippen LogP contribution in [-0.2, 0) is 4.79 Å². The number of nitrogens with one attached hydrogen (secondary N) is 1. The number of phenolic OH excluding ortho intramolecular Hbond substituents is 1. The summed E-state index contributed by atoms with van der Waals surface area (Å²) in [5.74, 6) is 0.234. The average Bonchev–Trinajstić information content (AvgIpc) is 2.74. The molecule has 0 heterocycles. The molecule has 0 aliphatic carbocycles. The topological polar surface area (TPSA) is 70.9 Å². The lowest BCUT2D eigenvalue weighted by atomic mass is 10.1. The molecule has 0 atom stereocenters. The first kappa shape index (κ1) is 21.5. The molecule has 0 radical (unpaired) electrons. The smallest absolute Gasteiger partial charge is 0.277 e. The maximum atomic E-state index is 12.0. The van der Waals surface area contributed by atoms with E-state index in [2.05, 4.69) is 58.3 Å². The minimum atomic E-state index is -0.401. The number of hydrazone groups is 1. The van der Waals surface area contributed by atoms with Crippen LogP contribution in [0, 0.1) is 0 Å². The third kappa shape index (κ3) is 5.68. The molecule has 0 spiro atoms. The number of rotatable bonds is 6. The number of nitrogens with zero attached hydrogens (tertiary/aromatic N) is 1. The standard InChI is InChI=1S/C21H15Br3N2O3/c22-17-10-18(23)21(28)20(24)16(17)11-25-26-19(27)12-29-15-8-6-14(7-9-15)13-4-2-1-3-5-13/h1-11,28H,12H2,(H,26,27)/b25-11-. The Bertz CT molecular complexity index is 1040. The Labute approximate surface area is 193 Å². The maximum absolute atomic E-state index is 12.0. The van der Waals surface area contributed by atoms with E-state index in [1.807, 2.05) is 54.6 Å². The molecule has 0 unspecified atom stereocenters. The van der Waals surface area contributed by atoms with Crippen LogP contribution < -0.4 is 10.2 Å². The Morgan fingerprint density at radius 1 is 1.00 bits per heavy atom. The Hall–Kier alpha value is -2.16. The van der Waals surface area contributed by atoms with Gasteiger partial charge in [-0.3, -0.25) is 4.79 Å². The summed E-state index contributed by atoms with van der Waals surface area (Å²) in [6, 6.07) is 19.2. The van der Waals surface area contributed by atoms with E-state index in [1.54, 1.807) is 6.07 Å². The molecule has 2 N–H and O–H groups in total. The molecule has 3 aromatic rings. The van der Waals surface area contributed by atoms with Gasteiger partial charge < -0.3 is 9.84 Å². The van der Waals surface area contributed by atoms with Crippen molar-refractivity contribution in [3.63, 3.8) is 0 Å². The number of halogens is 3. The highest BCUT2D eigenvalue weighted by atomic mass is 79.9. The summed E-state index contributed by atoms with van der Waals surface area (Å²) in [6.07, 6.45) is 1.42. The zero-order valence-electron chi connectivity index (χ0n) is 14.9. The fraction of sp³-hybridized carbons (Fsp3) is 0.0476. The number of ether oxygens (including phenoxy) is 1. The number of amides is 1. The molecule has 0 fully saturated rings. The Morgan fingerprint density at radius 3 is 2.34 bits per heavy atom. The van der Waals surface area contributed by atoms with Crippen molar-refractivity contribution >= 4 is 59.9 Å². The zero-order valence-corrected chi connectivity index (χ0v) is 19.7. The van der Waals surface area contributed by atoms with E-state index in [4.69, 9.17) is 4.74 Å². The normalized spacial score (nSPS) is 10.9. The Morgan fingerprint density at radius 2 is 1.66 bits per heavy atom. The summed E-state index contributed by atoms with van der Waals surface area (Å²) in [6.45, 7) is -0.171. The molecule has 3 rings (SSSR count). The van der Waals surface area contributed by atoms with Crippen LogP contribution in [0.4, 0.5) is 0 Å². The number of carbonyl (C=O) groups excluding carboxylic acids is 1. The van der Waals surface area contributed by atoms with Crippen LogP contribution in [0.15, 0.2) is 79.2 Å². The van der Waals surface area contributed by atoms with E-state index in [1.165, 1.54) is 6.21 Å². The van der Waals surface area contributed by atoms with E-state index in [9.17, 15) is 9.90 Å². The van der Waals surface area contributed by atoms with Crippen molar-refractivity contribution < 1.29 is 14.6 Å². The fourth-order valence-corrected chi connectivity index (χ4v) is 4.76. The van der Waals surface area contributed by atoms with Gasteiger partial charge >= 0.3 is 0 Å². The SMILES string of the molecule is O=C(COc1ccc(-c2ccccc2)cc1)N/N=C\c1c(Br)cc(Br)c(O)c1Br. The van der Waals surface area contributed by atoms with Crippen LogP contribution in [-0.4, -0.2) is 23.8 Å². The minimum absolute atomic E-state index is 0.0447. The highest BCUT2D eigenvalue weighted by Crippen LogP contribution is 2.38.